The Morgan fingerprint density at radius 1 is 0.500 bits per heavy atom. The van der Waals surface area contributed by atoms with Crippen molar-refractivity contribution in [1.82, 2.24) is 0 Å². The molecule has 44 heavy (non-hydrogen) atoms. The standard InChI is InChI=1S/C42H34N2/c1-3-13-29(14-4-1)30-15-11-18-33(27-30)43-39-23-9-8-20-36(39)38-28-31(25-26-41(38)43)34-21-12-22-37-35-19-7-10-24-40(35)44(42(34)37)32-16-5-2-6-17-32/h1-28,35-36,38-41H. The van der Waals surface area contributed by atoms with Gasteiger partial charge in [0.1, 0.15) is 0 Å². The summed E-state index contributed by atoms with van der Waals surface area (Å²) in [4.78, 5) is 5.22. The van der Waals surface area contributed by atoms with Gasteiger partial charge in [-0.2, -0.15) is 0 Å². The lowest BCUT2D eigenvalue weighted by Crippen LogP contribution is -2.36. The molecule has 2 nitrogen and oxygen atoms in total. The Morgan fingerprint density at radius 2 is 1.18 bits per heavy atom. The van der Waals surface area contributed by atoms with Gasteiger partial charge in [0, 0.05) is 34.7 Å². The number of hydrogen-bond donors (Lipinski definition) is 0. The largest absolute Gasteiger partial charge is 0.357 e. The molecule has 6 atom stereocenters. The molecular formula is C42H34N2. The Kier molecular flexibility index (Phi) is 5.94. The summed E-state index contributed by atoms with van der Waals surface area (Å²) in [6, 6.07) is 38.6. The molecule has 1 saturated heterocycles. The summed E-state index contributed by atoms with van der Waals surface area (Å²) in [7, 11) is 0. The van der Waals surface area contributed by atoms with E-state index in [1.165, 1.54) is 44.9 Å². The van der Waals surface area contributed by atoms with E-state index < -0.39 is 0 Å². The van der Waals surface area contributed by atoms with Gasteiger partial charge in [0.05, 0.1) is 23.8 Å². The van der Waals surface area contributed by atoms with Crippen LogP contribution in [0.25, 0.3) is 16.7 Å². The molecule has 0 bridgehead atoms. The Labute approximate surface area is 260 Å². The molecule has 0 spiro atoms. The van der Waals surface area contributed by atoms with Crippen molar-refractivity contribution < 1.29 is 0 Å². The van der Waals surface area contributed by atoms with Crippen LogP contribution < -0.4 is 9.80 Å². The molecule has 212 valence electrons. The topological polar surface area (TPSA) is 6.48 Å². The first kappa shape index (κ1) is 25.4. The monoisotopic (exact) mass is 566 g/mol. The third-order valence-electron chi connectivity index (χ3n) is 10.1. The molecule has 0 radical (unpaired) electrons. The second kappa shape index (κ2) is 10.3. The molecule has 1 fully saturated rings. The van der Waals surface area contributed by atoms with E-state index in [4.69, 9.17) is 0 Å². The fourth-order valence-electron chi connectivity index (χ4n) is 8.26. The number of benzene rings is 4. The van der Waals surface area contributed by atoms with Crippen molar-refractivity contribution in [2.45, 2.75) is 24.0 Å². The van der Waals surface area contributed by atoms with Crippen LogP contribution >= 0.6 is 0 Å². The van der Waals surface area contributed by atoms with Crippen molar-refractivity contribution in [1.29, 1.82) is 0 Å². The van der Waals surface area contributed by atoms with Crippen LogP contribution in [0.15, 0.2) is 170 Å². The van der Waals surface area contributed by atoms with Gasteiger partial charge >= 0.3 is 0 Å². The molecule has 0 amide bonds. The van der Waals surface area contributed by atoms with Gasteiger partial charge in [-0.3, -0.25) is 0 Å². The van der Waals surface area contributed by atoms with Gasteiger partial charge in [0.25, 0.3) is 0 Å². The van der Waals surface area contributed by atoms with Crippen LogP contribution in [0.3, 0.4) is 0 Å². The van der Waals surface area contributed by atoms with Crippen molar-refractivity contribution in [2.24, 2.45) is 11.8 Å². The number of rotatable bonds is 4. The van der Waals surface area contributed by atoms with Crippen LogP contribution in [-0.2, 0) is 0 Å². The van der Waals surface area contributed by atoms with E-state index in [9.17, 15) is 0 Å². The van der Waals surface area contributed by atoms with Crippen molar-refractivity contribution in [2.75, 3.05) is 9.80 Å². The van der Waals surface area contributed by atoms with Gasteiger partial charge in [-0.1, -0.05) is 146 Å². The smallest absolute Gasteiger partial charge is 0.0629 e. The highest BCUT2D eigenvalue weighted by atomic mass is 15.2. The van der Waals surface area contributed by atoms with Crippen LogP contribution in [0.5, 0.6) is 0 Å². The molecule has 4 aromatic rings. The minimum Gasteiger partial charge on any atom is -0.357 e. The molecule has 3 aliphatic carbocycles. The predicted octanol–water partition coefficient (Wildman–Crippen LogP) is 9.65. The van der Waals surface area contributed by atoms with Gasteiger partial charge in [0.15, 0.2) is 0 Å². The quantitative estimate of drug-likeness (QED) is 0.243. The molecule has 2 heterocycles. The minimum atomic E-state index is 0.286. The second-order valence-corrected chi connectivity index (χ2v) is 12.4. The van der Waals surface area contributed by atoms with Crippen molar-refractivity contribution in [3.63, 3.8) is 0 Å². The number of hydrogen-bond acceptors (Lipinski definition) is 2. The van der Waals surface area contributed by atoms with Gasteiger partial charge in [0.2, 0.25) is 0 Å². The maximum atomic E-state index is 2.65. The summed E-state index contributed by atoms with van der Waals surface area (Å²) in [5.74, 6) is 1.15. The third-order valence-corrected chi connectivity index (χ3v) is 10.1. The Hall–Kier alpha value is -5.08. The first-order valence-electron chi connectivity index (χ1n) is 15.9. The van der Waals surface area contributed by atoms with Crippen LogP contribution in [-0.4, -0.2) is 18.1 Å². The lowest BCUT2D eigenvalue weighted by molar-refractivity contribution is 0.528. The Balaban J connectivity index is 1.13. The number of anilines is 3. The highest BCUT2D eigenvalue weighted by Gasteiger charge is 2.47. The molecule has 2 heteroatoms. The summed E-state index contributed by atoms with van der Waals surface area (Å²) in [5.41, 5.74) is 10.5. The highest BCUT2D eigenvalue weighted by Crippen LogP contribution is 2.52. The molecule has 4 aromatic carbocycles. The third kappa shape index (κ3) is 3.94. The normalized spacial score (nSPS) is 27.1. The van der Waals surface area contributed by atoms with E-state index >= 15 is 0 Å². The average molecular weight is 567 g/mol. The first-order valence-corrected chi connectivity index (χ1v) is 15.9. The summed E-state index contributed by atoms with van der Waals surface area (Å²) < 4.78 is 0. The van der Waals surface area contributed by atoms with Gasteiger partial charge in [-0.25, -0.2) is 0 Å². The minimum absolute atomic E-state index is 0.286. The highest BCUT2D eigenvalue weighted by molar-refractivity contribution is 5.90. The predicted molar refractivity (Wildman–Crippen MR) is 184 cm³/mol. The SMILES string of the molecule is C1=CC2c3cccc(C4=CC5C6C=CC=CC6N(c6cccc(-c7ccccc7)c6)C5C=C4)c3N(c3ccccc3)C2C=C1. The van der Waals surface area contributed by atoms with E-state index in [1.807, 2.05) is 0 Å². The van der Waals surface area contributed by atoms with Crippen molar-refractivity contribution in [3.05, 3.63) is 181 Å². The molecule has 2 aliphatic heterocycles. The maximum Gasteiger partial charge on any atom is 0.0629 e. The number of allylic oxidation sites excluding steroid dienone is 6. The fourth-order valence-corrected chi connectivity index (χ4v) is 8.26. The van der Waals surface area contributed by atoms with Gasteiger partial charge < -0.3 is 9.80 Å². The molecule has 0 saturated carbocycles. The molecule has 5 aliphatic rings. The number of nitrogens with zero attached hydrogens (tertiary/aromatic N) is 2. The molecule has 9 rings (SSSR count). The van der Waals surface area contributed by atoms with Gasteiger partial charge in [-0.05, 0) is 46.5 Å². The number of para-hydroxylation sites is 2. The molecular weight excluding hydrogens is 532 g/mol. The van der Waals surface area contributed by atoms with E-state index in [0.29, 0.717) is 29.8 Å². The number of fused-ring (bicyclic) bond motifs is 6. The molecule has 0 N–H and O–H groups in total. The van der Waals surface area contributed by atoms with E-state index in [0.717, 1.165) is 0 Å². The Morgan fingerprint density at radius 3 is 2.05 bits per heavy atom. The average Bonchev–Trinajstić information content (AvgIpc) is 3.62. The van der Waals surface area contributed by atoms with E-state index in [-0.39, 0.29) is 6.04 Å². The zero-order valence-corrected chi connectivity index (χ0v) is 24.5. The summed E-state index contributed by atoms with van der Waals surface area (Å²) in [6.07, 6.45) is 25.9. The van der Waals surface area contributed by atoms with Crippen molar-refractivity contribution >= 4 is 22.6 Å². The summed E-state index contributed by atoms with van der Waals surface area (Å²) >= 11 is 0. The fraction of sp³-hybridized carbons (Fsp3) is 0.143. The molecule has 0 aromatic heterocycles. The Bertz CT molecular complexity index is 1910. The lowest BCUT2D eigenvalue weighted by atomic mass is 9.80. The van der Waals surface area contributed by atoms with E-state index in [1.54, 1.807) is 0 Å². The van der Waals surface area contributed by atoms with Crippen LogP contribution in [0, 0.1) is 11.8 Å². The zero-order chi connectivity index (χ0) is 29.0. The first-order chi connectivity index (χ1) is 21.8. The summed E-state index contributed by atoms with van der Waals surface area (Å²) in [5, 5.41) is 0. The summed E-state index contributed by atoms with van der Waals surface area (Å²) in [6.45, 7) is 0. The van der Waals surface area contributed by atoms with Crippen LogP contribution in [0.2, 0.25) is 0 Å². The maximum absolute atomic E-state index is 2.65. The zero-order valence-electron chi connectivity index (χ0n) is 24.5. The molecule has 6 unspecified atom stereocenters. The van der Waals surface area contributed by atoms with Gasteiger partial charge in [-0.15, -0.1) is 0 Å². The lowest BCUT2D eigenvalue weighted by Gasteiger charge is -2.33. The second-order valence-electron chi connectivity index (χ2n) is 12.4. The van der Waals surface area contributed by atoms with Crippen LogP contribution in [0.1, 0.15) is 17.0 Å². The van der Waals surface area contributed by atoms with Crippen LogP contribution in [0.4, 0.5) is 17.1 Å². The van der Waals surface area contributed by atoms with Crippen molar-refractivity contribution in [3.8, 4) is 11.1 Å². The van der Waals surface area contributed by atoms with E-state index in [2.05, 4.69) is 180 Å².